The van der Waals surface area contributed by atoms with Crippen LogP contribution in [0.15, 0.2) is 54.7 Å². The smallest absolute Gasteiger partial charge is 0.319 e. The second-order valence-electron chi connectivity index (χ2n) is 22.3. The van der Waals surface area contributed by atoms with Crippen LogP contribution in [0.3, 0.4) is 0 Å². The third-order valence-corrected chi connectivity index (χ3v) is 16.9. The van der Waals surface area contributed by atoms with Crippen molar-refractivity contribution in [1.82, 2.24) is 39.9 Å². The molecule has 1 saturated carbocycles. The predicted molar refractivity (Wildman–Crippen MR) is 279 cm³/mol. The molecule has 2 bridgehead atoms. The third kappa shape index (κ3) is 9.44. The molecular weight excluding hydrogens is 960 g/mol. The standard InChI is InChI=1S/C58H62F3N9O5/c1-4-42-47(59)8-5-34-20-41(71)22-45(51(34)42)53-52(61)54-46(25-62-53)55(69-29-38-6-7-39(30-69)63-38)65-57(64-54)75-32-58(11-12-58)31-67-13-9-40(10-14-67)68-17-15-66(16-18-68)26-37-19-35-27-70(28-36(35)21-48(37)60)56(74)44-23-43(33(2)3)49(72)24-50(44)73/h1,5,8,19-25,33,38-40,63,71-73H,6-7,9-18,26-32H2,2-3H3. The molecule has 1 aliphatic carbocycles. The average Bonchev–Trinajstić information content (AvgIpc) is 3.91. The number of nitrogens with one attached hydrogen (secondary N) is 1. The highest BCUT2D eigenvalue weighted by atomic mass is 19.1. The molecule has 0 spiro atoms. The number of amides is 1. The molecule has 5 fully saturated rings. The maximum absolute atomic E-state index is 17.2. The Hall–Kier alpha value is -6.71. The zero-order valence-electron chi connectivity index (χ0n) is 42.4. The minimum Gasteiger partial charge on any atom is -0.508 e. The monoisotopic (exact) mass is 1020 g/mol. The average molecular weight is 1020 g/mol. The number of halogens is 3. The highest BCUT2D eigenvalue weighted by Gasteiger charge is 2.46. The highest BCUT2D eigenvalue weighted by molar-refractivity contribution is 6.03. The van der Waals surface area contributed by atoms with Gasteiger partial charge in [-0.1, -0.05) is 25.8 Å². The maximum atomic E-state index is 17.2. The molecule has 6 aromatic rings. The lowest BCUT2D eigenvalue weighted by Crippen LogP contribution is -2.53. The van der Waals surface area contributed by atoms with Crippen LogP contribution >= 0.6 is 0 Å². The molecule has 6 aliphatic rings. The lowest BCUT2D eigenvalue weighted by molar-refractivity contribution is 0.0479. The molecule has 4 N–H and O–H groups in total. The fraction of sp³-hybridized carbons (Fsp3) is 0.448. The number of phenols is 3. The van der Waals surface area contributed by atoms with E-state index in [0.717, 1.165) is 95.5 Å². The third-order valence-electron chi connectivity index (χ3n) is 16.9. The van der Waals surface area contributed by atoms with Crippen LogP contribution in [0.5, 0.6) is 23.3 Å². The number of phenolic OH excluding ortho intramolecular Hbond substituents is 3. The number of fused-ring (bicyclic) bond motifs is 5. The van der Waals surface area contributed by atoms with E-state index in [2.05, 4.69) is 35.8 Å². The SMILES string of the molecule is C#Cc1c(F)ccc2cc(O)cc(-c3ncc4c(N5CC6CCC(C5)N6)nc(OCC5(CN6CCC(N7CCN(Cc8cc9c(cc8F)CN(C(=O)c8cc(C(C)C)c(O)cc8O)C9)CC7)CC6)CC5)nc4c3F)c12. The molecule has 2 unspecified atom stereocenters. The molecule has 4 saturated heterocycles. The van der Waals surface area contributed by atoms with Gasteiger partial charge in [0.05, 0.1) is 23.1 Å². The van der Waals surface area contributed by atoms with E-state index >= 15 is 13.2 Å². The van der Waals surface area contributed by atoms with Crippen LogP contribution in [0.1, 0.15) is 96.5 Å². The number of piperazine rings is 2. The van der Waals surface area contributed by atoms with E-state index in [1.54, 1.807) is 23.2 Å². The Morgan fingerprint density at radius 1 is 0.867 bits per heavy atom. The number of aromatic nitrogens is 3. The highest BCUT2D eigenvalue weighted by Crippen LogP contribution is 2.47. The molecule has 2 aromatic heterocycles. The number of carbonyl (C=O) groups is 1. The molecule has 75 heavy (non-hydrogen) atoms. The molecule has 7 heterocycles. The number of terminal acetylenes is 1. The zero-order chi connectivity index (χ0) is 51.9. The van der Waals surface area contributed by atoms with Crippen molar-refractivity contribution >= 4 is 33.4 Å². The van der Waals surface area contributed by atoms with Gasteiger partial charge in [0.15, 0.2) is 5.82 Å². The van der Waals surface area contributed by atoms with E-state index < -0.39 is 11.6 Å². The number of anilines is 1. The van der Waals surface area contributed by atoms with Gasteiger partial charge in [-0.05, 0) is 116 Å². The van der Waals surface area contributed by atoms with Crippen molar-refractivity contribution in [3.8, 4) is 46.9 Å². The molecule has 17 heteroatoms. The number of ether oxygens (including phenoxy) is 1. The fourth-order valence-electron chi connectivity index (χ4n) is 12.6. The zero-order valence-corrected chi connectivity index (χ0v) is 42.4. The molecule has 2 atom stereocenters. The number of carbonyl (C=O) groups excluding carboxylic acids is 1. The normalized spacial score (nSPS) is 21.1. The number of hydrogen-bond donors (Lipinski definition) is 4. The van der Waals surface area contributed by atoms with E-state index in [-0.39, 0.29) is 98.2 Å². The van der Waals surface area contributed by atoms with Crippen molar-refractivity contribution in [2.24, 2.45) is 5.41 Å². The summed E-state index contributed by atoms with van der Waals surface area (Å²) >= 11 is 0. The summed E-state index contributed by atoms with van der Waals surface area (Å²) in [5, 5.41) is 36.4. The number of rotatable bonds is 12. The number of nitrogens with zero attached hydrogens (tertiary/aromatic N) is 8. The van der Waals surface area contributed by atoms with Gasteiger partial charge in [-0.2, -0.15) is 9.97 Å². The lowest BCUT2D eigenvalue weighted by atomic mass is 9.96. The van der Waals surface area contributed by atoms with Gasteiger partial charge in [0.1, 0.15) is 45.9 Å². The van der Waals surface area contributed by atoms with Crippen molar-refractivity contribution < 1.29 is 38.0 Å². The van der Waals surface area contributed by atoms with Crippen LogP contribution in [0.2, 0.25) is 0 Å². The maximum Gasteiger partial charge on any atom is 0.319 e. The Bertz CT molecular complexity index is 3280. The summed E-state index contributed by atoms with van der Waals surface area (Å²) in [6, 6.07) is 12.9. The molecule has 4 aromatic carbocycles. The lowest BCUT2D eigenvalue weighted by Gasteiger charge is -2.43. The number of likely N-dealkylation sites (tertiary alicyclic amines) is 1. The summed E-state index contributed by atoms with van der Waals surface area (Å²) in [6.45, 7) is 12.9. The van der Waals surface area contributed by atoms with E-state index in [4.69, 9.17) is 21.1 Å². The van der Waals surface area contributed by atoms with Gasteiger partial charge in [0, 0.05) is 118 Å². The molecule has 12 rings (SSSR count). The summed E-state index contributed by atoms with van der Waals surface area (Å²) in [4.78, 5) is 39.0. The van der Waals surface area contributed by atoms with Crippen LogP contribution in [0, 0.1) is 35.2 Å². The molecule has 390 valence electrons. The van der Waals surface area contributed by atoms with Crippen LogP contribution in [0.4, 0.5) is 19.0 Å². The molecule has 14 nitrogen and oxygen atoms in total. The second kappa shape index (κ2) is 19.5. The second-order valence-corrected chi connectivity index (χ2v) is 22.3. The van der Waals surface area contributed by atoms with Crippen molar-refractivity contribution in [3.05, 3.63) is 106 Å². The van der Waals surface area contributed by atoms with Gasteiger partial charge >= 0.3 is 6.01 Å². The van der Waals surface area contributed by atoms with Gasteiger partial charge in [-0.15, -0.1) is 6.42 Å². The van der Waals surface area contributed by atoms with Crippen molar-refractivity contribution in [1.29, 1.82) is 0 Å². The van der Waals surface area contributed by atoms with Gasteiger partial charge in [0.2, 0.25) is 0 Å². The summed E-state index contributed by atoms with van der Waals surface area (Å²) in [5.41, 5.74) is 2.96. The first-order valence-corrected chi connectivity index (χ1v) is 26.5. The first kappa shape index (κ1) is 49.2. The molecule has 0 radical (unpaired) electrons. The number of aromatic hydroxyl groups is 3. The van der Waals surface area contributed by atoms with E-state index in [1.165, 1.54) is 30.3 Å². The summed E-state index contributed by atoms with van der Waals surface area (Å²) in [6.07, 6.45) is 13.5. The number of benzene rings is 4. The Morgan fingerprint density at radius 3 is 2.31 bits per heavy atom. The predicted octanol–water partition coefficient (Wildman–Crippen LogP) is 8.02. The van der Waals surface area contributed by atoms with Crippen molar-refractivity contribution in [3.63, 3.8) is 0 Å². The van der Waals surface area contributed by atoms with Gasteiger partial charge in [0.25, 0.3) is 5.91 Å². The number of pyridine rings is 1. The van der Waals surface area contributed by atoms with Gasteiger partial charge in [-0.25, -0.2) is 13.2 Å². The van der Waals surface area contributed by atoms with Crippen molar-refractivity contribution in [2.45, 2.75) is 96.1 Å². The summed E-state index contributed by atoms with van der Waals surface area (Å²) in [5.74, 6) is 0.464. The number of hydrogen-bond acceptors (Lipinski definition) is 13. The Kier molecular flexibility index (Phi) is 12.8. The Labute approximate surface area is 434 Å². The molecule has 5 aliphatic heterocycles. The Morgan fingerprint density at radius 2 is 1.60 bits per heavy atom. The quantitative estimate of drug-likeness (QED) is 0.0877. The molecule has 1 amide bonds. The minimum absolute atomic E-state index is 0.0292. The topological polar surface area (TPSA) is 154 Å². The van der Waals surface area contributed by atoms with Crippen LogP contribution in [0.25, 0.3) is 32.9 Å². The van der Waals surface area contributed by atoms with Crippen LogP contribution in [-0.2, 0) is 19.6 Å². The summed E-state index contributed by atoms with van der Waals surface area (Å²) < 4.78 is 54.4. The van der Waals surface area contributed by atoms with E-state index in [1.807, 2.05) is 19.9 Å². The number of piperidine rings is 1. The Balaban J connectivity index is 0.675. The van der Waals surface area contributed by atoms with E-state index in [9.17, 15) is 20.1 Å². The first-order valence-electron chi connectivity index (χ1n) is 26.5. The van der Waals surface area contributed by atoms with Crippen molar-refractivity contribution in [2.75, 3.05) is 70.4 Å². The minimum atomic E-state index is -0.740. The van der Waals surface area contributed by atoms with Gasteiger partial charge < -0.3 is 40.1 Å². The first-order chi connectivity index (χ1) is 36.2. The summed E-state index contributed by atoms with van der Waals surface area (Å²) in [7, 11) is 0. The molecular formula is C58H62F3N9O5. The van der Waals surface area contributed by atoms with E-state index in [0.29, 0.717) is 66.5 Å². The van der Waals surface area contributed by atoms with Crippen LogP contribution in [-0.4, -0.2) is 139 Å². The largest absolute Gasteiger partial charge is 0.508 e. The van der Waals surface area contributed by atoms with Gasteiger partial charge in [-0.3, -0.25) is 19.6 Å². The fourth-order valence-corrected chi connectivity index (χ4v) is 12.6. The van der Waals surface area contributed by atoms with Crippen LogP contribution < -0.4 is 15.0 Å².